The van der Waals surface area contributed by atoms with Gasteiger partial charge in [-0.2, -0.15) is 0 Å². The van der Waals surface area contributed by atoms with E-state index in [1.165, 1.54) is 0 Å². The number of methoxy groups -OCH3 is 1. The summed E-state index contributed by atoms with van der Waals surface area (Å²) in [4.78, 5) is 10.5. The highest BCUT2D eigenvalue weighted by molar-refractivity contribution is 6.36. The average molecular weight is 269 g/mol. The van der Waals surface area contributed by atoms with E-state index in [0.717, 1.165) is 10.9 Å². The van der Waals surface area contributed by atoms with E-state index in [1.807, 2.05) is 0 Å². The maximum atomic E-state index is 10.5. The maximum Gasteiger partial charge on any atom is 0.303 e. The summed E-state index contributed by atoms with van der Waals surface area (Å²) in [6.07, 6.45) is 2.83. The third kappa shape index (κ3) is 2.43. The Morgan fingerprint density at radius 1 is 1.56 bits per heavy atom. The monoisotopic (exact) mass is 268 g/mol. The van der Waals surface area contributed by atoms with Crippen molar-refractivity contribution >= 4 is 28.5 Å². The summed E-state index contributed by atoms with van der Waals surface area (Å²) < 4.78 is 10.6. The molecular weight excluding hydrogens is 256 g/mol. The fourth-order valence-electron chi connectivity index (χ4n) is 1.90. The Hall–Kier alpha value is -1.68. The fraction of sp³-hybridized carbons (Fsp3) is 0.308. The standard InChI is InChI=1S/C13H13ClO4/c1-17-10-7-8(3-2-4-11(15)16)12(14)9-5-6-18-13(9)10/h5-7H,2-4H2,1H3,(H,15,16). The van der Waals surface area contributed by atoms with Crippen LogP contribution in [0, 0.1) is 0 Å². The van der Waals surface area contributed by atoms with Gasteiger partial charge in [-0.25, -0.2) is 0 Å². The first-order valence-electron chi connectivity index (χ1n) is 5.58. The topological polar surface area (TPSA) is 59.7 Å². The Kier molecular flexibility index (Phi) is 3.77. The van der Waals surface area contributed by atoms with Gasteiger partial charge in [-0.15, -0.1) is 0 Å². The first-order chi connectivity index (χ1) is 8.63. The van der Waals surface area contributed by atoms with Crippen LogP contribution in [-0.2, 0) is 11.2 Å². The number of benzene rings is 1. The molecule has 1 aromatic carbocycles. The van der Waals surface area contributed by atoms with E-state index in [2.05, 4.69) is 0 Å². The molecule has 0 aliphatic heterocycles. The number of carboxylic acids is 1. The van der Waals surface area contributed by atoms with Gasteiger partial charge >= 0.3 is 5.97 Å². The van der Waals surface area contributed by atoms with Crippen molar-refractivity contribution in [3.05, 3.63) is 29.0 Å². The van der Waals surface area contributed by atoms with E-state index < -0.39 is 5.97 Å². The number of ether oxygens (including phenoxy) is 1. The molecule has 0 bridgehead atoms. The SMILES string of the molecule is COc1cc(CCCC(=O)O)c(Cl)c2ccoc12. The summed E-state index contributed by atoms with van der Waals surface area (Å²) in [5, 5.41) is 10.0. The zero-order valence-electron chi connectivity index (χ0n) is 9.90. The van der Waals surface area contributed by atoms with Crippen molar-refractivity contribution in [1.82, 2.24) is 0 Å². The van der Waals surface area contributed by atoms with Crippen LogP contribution in [0.1, 0.15) is 18.4 Å². The molecule has 0 amide bonds. The van der Waals surface area contributed by atoms with Crippen molar-refractivity contribution in [2.24, 2.45) is 0 Å². The van der Waals surface area contributed by atoms with Gasteiger partial charge in [0.15, 0.2) is 11.3 Å². The average Bonchev–Trinajstić information content (AvgIpc) is 2.81. The van der Waals surface area contributed by atoms with Gasteiger partial charge in [0.05, 0.1) is 18.4 Å². The van der Waals surface area contributed by atoms with E-state index in [9.17, 15) is 4.79 Å². The van der Waals surface area contributed by atoms with Gasteiger partial charge in [-0.3, -0.25) is 4.79 Å². The highest BCUT2D eigenvalue weighted by atomic mass is 35.5. The number of hydrogen-bond donors (Lipinski definition) is 1. The van der Waals surface area contributed by atoms with Gasteiger partial charge in [0.1, 0.15) is 0 Å². The minimum atomic E-state index is -0.803. The second-order valence-electron chi connectivity index (χ2n) is 3.96. The van der Waals surface area contributed by atoms with Crippen molar-refractivity contribution in [3.63, 3.8) is 0 Å². The summed E-state index contributed by atoms with van der Waals surface area (Å²) in [5.74, 6) is -0.188. The molecule has 96 valence electrons. The summed E-state index contributed by atoms with van der Waals surface area (Å²) in [5.41, 5.74) is 1.49. The predicted octanol–water partition coefficient (Wildman–Crippen LogP) is 3.50. The third-order valence-electron chi connectivity index (χ3n) is 2.77. The Balaban J connectivity index is 2.32. The van der Waals surface area contributed by atoms with Gasteiger partial charge in [0.25, 0.3) is 0 Å². The van der Waals surface area contributed by atoms with Crippen molar-refractivity contribution in [2.45, 2.75) is 19.3 Å². The third-order valence-corrected chi connectivity index (χ3v) is 3.22. The molecule has 0 unspecified atom stereocenters. The Bertz CT molecular complexity index is 574. The molecule has 2 aromatic rings. The van der Waals surface area contributed by atoms with Gasteiger partial charge in [-0.1, -0.05) is 11.6 Å². The highest BCUT2D eigenvalue weighted by Crippen LogP contribution is 2.36. The van der Waals surface area contributed by atoms with Crippen LogP contribution >= 0.6 is 11.6 Å². The van der Waals surface area contributed by atoms with E-state index in [4.69, 9.17) is 25.9 Å². The van der Waals surface area contributed by atoms with Crippen molar-refractivity contribution in [1.29, 1.82) is 0 Å². The van der Waals surface area contributed by atoms with Crippen LogP contribution < -0.4 is 4.74 Å². The summed E-state index contributed by atoms with van der Waals surface area (Å²) in [6, 6.07) is 3.58. The normalized spacial score (nSPS) is 10.8. The zero-order chi connectivity index (χ0) is 13.1. The van der Waals surface area contributed by atoms with Gasteiger partial charge in [0.2, 0.25) is 0 Å². The second-order valence-corrected chi connectivity index (χ2v) is 4.34. The summed E-state index contributed by atoms with van der Waals surface area (Å²) >= 11 is 6.26. The van der Waals surface area contributed by atoms with E-state index in [0.29, 0.717) is 29.2 Å². The molecule has 5 heteroatoms. The van der Waals surface area contributed by atoms with Crippen LogP contribution in [0.5, 0.6) is 5.75 Å². The quantitative estimate of drug-likeness (QED) is 0.901. The molecule has 0 saturated heterocycles. The van der Waals surface area contributed by atoms with Crippen LogP contribution in [0.25, 0.3) is 11.0 Å². The van der Waals surface area contributed by atoms with Crippen molar-refractivity contribution in [3.8, 4) is 5.75 Å². The number of aryl methyl sites for hydroxylation is 1. The number of fused-ring (bicyclic) bond motifs is 1. The number of halogens is 1. The lowest BCUT2D eigenvalue weighted by atomic mass is 10.1. The Morgan fingerprint density at radius 3 is 3.00 bits per heavy atom. The molecule has 2 rings (SSSR count). The van der Waals surface area contributed by atoms with E-state index >= 15 is 0 Å². The molecular formula is C13H13ClO4. The minimum Gasteiger partial charge on any atom is -0.493 e. The van der Waals surface area contributed by atoms with E-state index in [1.54, 1.807) is 25.5 Å². The minimum absolute atomic E-state index is 0.127. The zero-order valence-corrected chi connectivity index (χ0v) is 10.7. The maximum absolute atomic E-state index is 10.5. The van der Waals surface area contributed by atoms with Crippen molar-refractivity contribution in [2.75, 3.05) is 7.11 Å². The van der Waals surface area contributed by atoms with Crippen LogP contribution in [0.2, 0.25) is 5.02 Å². The Morgan fingerprint density at radius 2 is 2.33 bits per heavy atom. The number of carbonyl (C=O) groups is 1. The lowest BCUT2D eigenvalue weighted by Gasteiger charge is -2.08. The van der Waals surface area contributed by atoms with Crippen LogP contribution in [0.4, 0.5) is 0 Å². The molecule has 4 nitrogen and oxygen atoms in total. The smallest absolute Gasteiger partial charge is 0.303 e. The molecule has 0 atom stereocenters. The number of aliphatic carboxylic acids is 1. The predicted molar refractivity (Wildman–Crippen MR) is 68.3 cm³/mol. The molecule has 1 N–H and O–H groups in total. The van der Waals surface area contributed by atoms with Gasteiger partial charge < -0.3 is 14.3 Å². The second kappa shape index (κ2) is 5.31. The lowest BCUT2D eigenvalue weighted by molar-refractivity contribution is -0.137. The number of rotatable bonds is 5. The number of carboxylic acid groups (broad SMARTS) is 1. The van der Waals surface area contributed by atoms with Gasteiger partial charge in [-0.05, 0) is 30.5 Å². The first kappa shape index (κ1) is 12.8. The molecule has 0 aliphatic rings. The lowest BCUT2D eigenvalue weighted by Crippen LogP contribution is -1.97. The molecule has 0 spiro atoms. The van der Waals surface area contributed by atoms with Crippen LogP contribution in [0.3, 0.4) is 0 Å². The molecule has 1 aromatic heterocycles. The molecule has 1 heterocycles. The summed E-state index contributed by atoms with van der Waals surface area (Å²) in [6.45, 7) is 0. The number of furan rings is 1. The summed E-state index contributed by atoms with van der Waals surface area (Å²) in [7, 11) is 1.56. The highest BCUT2D eigenvalue weighted by Gasteiger charge is 2.13. The Labute approximate surface area is 109 Å². The first-order valence-corrected chi connectivity index (χ1v) is 5.95. The fourth-order valence-corrected chi connectivity index (χ4v) is 2.19. The largest absolute Gasteiger partial charge is 0.493 e. The van der Waals surface area contributed by atoms with Crippen LogP contribution in [-0.4, -0.2) is 18.2 Å². The van der Waals surface area contributed by atoms with Gasteiger partial charge in [0, 0.05) is 11.8 Å². The van der Waals surface area contributed by atoms with E-state index in [-0.39, 0.29) is 6.42 Å². The molecule has 0 fully saturated rings. The van der Waals surface area contributed by atoms with Crippen molar-refractivity contribution < 1.29 is 19.1 Å². The molecule has 18 heavy (non-hydrogen) atoms. The van der Waals surface area contributed by atoms with Crippen LogP contribution in [0.15, 0.2) is 22.8 Å². The molecule has 0 aliphatic carbocycles. The molecule has 0 radical (unpaired) electrons. The number of hydrogen-bond acceptors (Lipinski definition) is 3. The molecule has 0 saturated carbocycles.